The maximum absolute atomic E-state index is 13.6. The number of hydrogen-bond donors (Lipinski definition) is 0. The Morgan fingerprint density at radius 3 is 2.18 bits per heavy atom. The third-order valence-electron chi connectivity index (χ3n) is 5.68. The molecule has 1 aromatic heterocycles. The number of carbonyl (C=O) groups is 1. The first-order chi connectivity index (χ1) is 16.6. The van der Waals surface area contributed by atoms with Gasteiger partial charge in [0, 0.05) is 6.42 Å². The fourth-order valence-electron chi connectivity index (χ4n) is 3.84. The van der Waals surface area contributed by atoms with E-state index in [4.69, 9.17) is 19.2 Å². The standard InChI is InChI=1S/C27H28N2O4S/c1-5-18-10-13-20(14-11-18)29(27-28-21-8-6-7-9-24(21)34-27)25(30)15-12-19-16-22(31-2)26(33-4)23(17-19)32-3/h6-11,13-14,16-17H,5,12,15H2,1-4H3. The zero-order chi connectivity index (χ0) is 24.1. The Morgan fingerprint density at radius 1 is 0.912 bits per heavy atom. The zero-order valence-corrected chi connectivity index (χ0v) is 20.6. The van der Waals surface area contributed by atoms with Gasteiger partial charge >= 0.3 is 0 Å². The predicted molar refractivity (Wildman–Crippen MR) is 137 cm³/mol. The molecule has 0 aliphatic heterocycles. The summed E-state index contributed by atoms with van der Waals surface area (Å²) in [5.41, 5.74) is 3.84. The normalized spacial score (nSPS) is 10.8. The van der Waals surface area contributed by atoms with Crippen molar-refractivity contribution < 1.29 is 19.0 Å². The van der Waals surface area contributed by atoms with Crippen LogP contribution in [0.5, 0.6) is 17.2 Å². The number of thiazole rings is 1. The second-order valence-electron chi connectivity index (χ2n) is 7.75. The molecule has 0 radical (unpaired) electrons. The summed E-state index contributed by atoms with van der Waals surface area (Å²) in [5.74, 6) is 1.65. The lowest BCUT2D eigenvalue weighted by atomic mass is 10.1. The third-order valence-corrected chi connectivity index (χ3v) is 6.70. The second-order valence-corrected chi connectivity index (χ2v) is 8.76. The van der Waals surface area contributed by atoms with Crippen LogP contribution in [0.3, 0.4) is 0 Å². The number of methoxy groups -OCH3 is 3. The summed E-state index contributed by atoms with van der Waals surface area (Å²) >= 11 is 1.51. The first kappa shape index (κ1) is 23.6. The Balaban J connectivity index is 1.64. The quantitative estimate of drug-likeness (QED) is 0.289. The van der Waals surface area contributed by atoms with E-state index in [9.17, 15) is 4.79 Å². The molecule has 6 nitrogen and oxygen atoms in total. The highest BCUT2D eigenvalue weighted by Gasteiger charge is 2.22. The predicted octanol–water partition coefficient (Wildman–Crippen LogP) is 6.18. The minimum Gasteiger partial charge on any atom is -0.493 e. The van der Waals surface area contributed by atoms with Gasteiger partial charge in [-0.3, -0.25) is 9.69 Å². The molecule has 4 rings (SSSR count). The van der Waals surface area contributed by atoms with Gasteiger partial charge in [-0.15, -0.1) is 0 Å². The van der Waals surface area contributed by atoms with Gasteiger partial charge in [0.2, 0.25) is 11.7 Å². The molecule has 3 aromatic carbocycles. The number of benzene rings is 3. The van der Waals surface area contributed by atoms with Crippen LogP contribution in [0.4, 0.5) is 10.8 Å². The molecular weight excluding hydrogens is 448 g/mol. The van der Waals surface area contributed by atoms with Crippen molar-refractivity contribution in [2.45, 2.75) is 26.2 Å². The molecule has 1 amide bonds. The number of nitrogens with zero attached hydrogens (tertiary/aromatic N) is 2. The number of ether oxygens (including phenoxy) is 3. The van der Waals surface area contributed by atoms with Gasteiger partial charge in [0.25, 0.3) is 0 Å². The van der Waals surface area contributed by atoms with Crippen molar-refractivity contribution in [2.75, 3.05) is 26.2 Å². The molecule has 0 fully saturated rings. The van der Waals surface area contributed by atoms with Crippen LogP contribution in [0.1, 0.15) is 24.5 Å². The first-order valence-corrected chi connectivity index (χ1v) is 12.0. The molecule has 7 heteroatoms. The smallest absolute Gasteiger partial charge is 0.233 e. The van der Waals surface area contributed by atoms with Crippen LogP contribution in [0.2, 0.25) is 0 Å². The molecule has 1 heterocycles. The van der Waals surface area contributed by atoms with E-state index in [-0.39, 0.29) is 5.91 Å². The highest BCUT2D eigenvalue weighted by atomic mass is 32.1. The van der Waals surface area contributed by atoms with Gasteiger partial charge in [0.05, 0.1) is 37.2 Å². The summed E-state index contributed by atoms with van der Waals surface area (Å²) in [6, 6.07) is 19.8. The summed E-state index contributed by atoms with van der Waals surface area (Å²) in [5, 5.41) is 0.667. The van der Waals surface area contributed by atoms with Crippen molar-refractivity contribution in [2.24, 2.45) is 0 Å². The Labute approximate surface area is 203 Å². The fourth-order valence-corrected chi connectivity index (χ4v) is 4.84. The number of para-hydroxylation sites is 1. The minimum absolute atomic E-state index is 0.0305. The molecule has 4 aromatic rings. The van der Waals surface area contributed by atoms with E-state index in [1.54, 1.807) is 26.2 Å². The third kappa shape index (κ3) is 4.84. The van der Waals surface area contributed by atoms with Crippen molar-refractivity contribution in [3.05, 3.63) is 71.8 Å². The van der Waals surface area contributed by atoms with Crippen LogP contribution in [-0.4, -0.2) is 32.2 Å². The second kappa shape index (κ2) is 10.6. The summed E-state index contributed by atoms with van der Waals surface area (Å²) < 4.78 is 17.4. The monoisotopic (exact) mass is 476 g/mol. The Hall–Kier alpha value is -3.58. The molecule has 0 saturated carbocycles. The van der Waals surface area contributed by atoms with E-state index in [0.717, 1.165) is 27.9 Å². The van der Waals surface area contributed by atoms with Gasteiger partial charge in [-0.1, -0.05) is 42.5 Å². The summed E-state index contributed by atoms with van der Waals surface area (Å²) in [4.78, 5) is 20.1. The van der Waals surface area contributed by atoms with Crippen molar-refractivity contribution in [3.63, 3.8) is 0 Å². The maximum Gasteiger partial charge on any atom is 0.233 e. The SMILES string of the molecule is CCc1ccc(N(C(=O)CCc2cc(OC)c(OC)c(OC)c2)c2nc3ccccc3s2)cc1. The molecule has 0 aliphatic rings. The molecule has 0 saturated heterocycles. The largest absolute Gasteiger partial charge is 0.493 e. The number of carbonyl (C=O) groups excluding carboxylic acids is 1. The summed E-state index contributed by atoms with van der Waals surface area (Å²) in [6.07, 6.45) is 1.75. The minimum atomic E-state index is -0.0305. The lowest BCUT2D eigenvalue weighted by Gasteiger charge is -2.21. The van der Waals surface area contributed by atoms with Crippen molar-refractivity contribution in [3.8, 4) is 17.2 Å². The molecule has 176 valence electrons. The van der Waals surface area contributed by atoms with Crippen molar-refractivity contribution >= 4 is 38.3 Å². The van der Waals surface area contributed by atoms with Gasteiger partial charge < -0.3 is 14.2 Å². The van der Waals surface area contributed by atoms with Crippen LogP contribution in [0, 0.1) is 0 Å². The number of aromatic nitrogens is 1. The van der Waals surface area contributed by atoms with Gasteiger partial charge in [0.15, 0.2) is 16.6 Å². The average molecular weight is 477 g/mol. The number of amides is 1. The molecule has 0 bridgehead atoms. The first-order valence-electron chi connectivity index (χ1n) is 11.1. The fraction of sp³-hybridized carbons (Fsp3) is 0.259. The van der Waals surface area contributed by atoms with Crippen LogP contribution in [0.15, 0.2) is 60.7 Å². The van der Waals surface area contributed by atoms with Crippen molar-refractivity contribution in [1.29, 1.82) is 0 Å². The Kier molecular flexibility index (Phi) is 7.33. The molecule has 0 spiro atoms. The maximum atomic E-state index is 13.6. The molecule has 0 unspecified atom stereocenters. The molecule has 0 atom stereocenters. The van der Waals surface area contributed by atoms with Crippen LogP contribution < -0.4 is 19.1 Å². The lowest BCUT2D eigenvalue weighted by molar-refractivity contribution is -0.117. The zero-order valence-electron chi connectivity index (χ0n) is 19.8. The number of fused-ring (bicyclic) bond motifs is 1. The Morgan fingerprint density at radius 2 is 1.59 bits per heavy atom. The summed E-state index contributed by atoms with van der Waals surface area (Å²) in [6.45, 7) is 2.11. The van der Waals surface area contributed by atoms with Gasteiger partial charge in [-0.25, -0.2) is 4.98 Å². The molecule has 0 N–H and O–H groups in total. The van der Waals surface area contributed by atoms with E-state index >= 15 is 0 Å². The van der Waals surface area contributed by atoms with Gasteiger partial charge in [-0.05, 0) is 60.4 Å². The highest BCUT2D eigenvalue weighted by molar-refractivity contribution is 7.22. The van der Waals surface area contributed by atoms with E-state index in [1.807, 2.05) is 48.5 Å². The van der Waals surface area contributed by atoms with Crippen LogP contribution >= 0.6 is 11.3 Å². The number of hydrogen-bond acceptors (Lipinski definition) is 6. The van der Waals surface area contributed by atoms with E-state index in [2.05, 4.69) is 19.1 Å². The van der Waals surface area contributed by atoms with E-state index in [1.165, 1.54) is 16.9 Å². The lowest BCUT2D eigenvalue weighted by Crippen LogP contribution is -2.26. The molecular formula is C27H28N2O4S. The van der Waals surface area contributed by atoms with Gasteiger partial charge in [-0.2, -0.15) is 0 Å². The van der Waals surface area contributed by atoms with Crippen LogP contribution in [-0.2, 0) is 17.6 Å². The Bertz CT molecular complexity index is 1230. The average Bonchev–Trinajstić information content (AvgIpc) is 3.30. The summed E-state index contributed by atoms with van der Waals surface area (Å²) in [7, 11) is 4.74. The van der Waals surface area contributed by atoms with E-state index < -0.39 is 0 Å². The van der Waals surface area contributed by atoms with Gasteiger partial charge in [0.1, 0.15) is 0 Å². The number of anilines is 2. The highest BCUT2D eigenvalue weighted by Crippen LogP contribution is 2.39. The van der Waals surface area contributed by atoms with E-state index in [0.29, 0.717) is 35.2 Å². The molecule has 0 aliphatic carbocycles. The van der Waals surface area contributed by atoms with Crippen molar-refractivity contribution in [1.82, 2.24) is 4.98 Å². The molecule has 34 heavy (non-hydrogen) atoms. The van der Waals surface area contributed by atoms with Crippen LogP contribution in [0.25, 0.3) is 10.2 Å². The number of rotatable bonds is 9. The number of aryl methyl sites for hydroxylation is 2. The topological polar surface area (TPSA) is 60.9 Å².